The first-order chi connectivity index (χ1) is 9.68. The molecule has 0 radical (unpaired) electrons. The van der Waals surface area contributed by atoms with Crippen molar-refractivity contribution in [2.75, 3.05) is 26.2 Å². The molecule has 3 nitrogen and oxygen atoms in total. The van der Waals surface area contributed by atoms with Gasteiger partial charge in [0.05, 0.1) is 6.61 Å². The van der Waals surface area contributed by atoms with Crippen LogP contribution in [0.15, 0.2) is 0 Å². The van der Waals surface area contributed by atoms with Crippen LogP contribution in [0, 0.1) is 5.92 Å². The Morgan fingerprint density at radius 2 is 1.95 bits per heavy atom. The second-order valence-corrected chi connectivity index (χ2v) is 7.19. The van der Waals surface area contributed by atoms with Crippen molar-refractivity contribution in [2.45, 2.75) is 76.8 Å². The van der Waals surface area contributed by atoms with Gasteiger partial charge >= 0.3 is 0 Å². The van der Waals surface area contributed by atoms with Crippen LogP contribution in [0.2, 0.25) is 0 Å². The molecule has 2 atom stereocenters. The zero-order chi connectivity index (χ0) is 14.4. The number of aliphatic hydroxyl groups excluding tert-OH is 1. The third-order valence-electron chi connectivity index (χ3n) is 5.46. The molecule has 0 amide bonds. The van der Waals surface area contributed by atoms with Crippen molar-refractivity contribution in [2.24, 2.45) is 5.92 Å². The molecule has 1 heterocycles. The average Bonchev–Trinajstić information content (AvgIpc) is 3.12. The van der Waals surface area contributed by atoms with E-state index in [-0.39, 0.29) is 12.1 Å². The first-order valence-electron chi connectivity index (χ1n) is 8.78. The lowest BCUT2D eigenvalue weighted by Crippen LogP contribution is -2.49. The fourth-order valence-electron chi connectivity index (χ4n) is 4.05. The second kappa shape index (κ2) is 7.77. The van der Waals surface area contributed by atoms with Crippen LogP contribution in [0.1, 0.15) is 65.2 Å². The van der Waals surface area contributed by atoms with Crippen LogP contribution in [-0.4, -0.2) is 47.8 Å². The molecular weight excluding hydrogens is 248 g/mol. The molecule has 1 aliphatic carbocycles. The third-order valence-corrected chi connectivity index (χ3v) is 5.46. The molecule has 0 aromatic carbocycles. The van der Waals surface area contributed by atoms with E-state index < -0.39 is 0 Å². The summed E-state index contributed by atoms with van der Waals surface area (Å²) in [6.07, 6.45) is 10.8. The summed E-state index contributed by atoms with van der Waals surface area (Å²) in [7, 11) is 0. The smallest absolute Gasteiger partial charge is 0.0611 e. The molecule has 0 spiro atoms. The number of hydrogen-bond acceptors (Lipinski definition) is 3. The van der Waals surface area contributed by atoms with Crippen molar-refractivity contribution in [3.8, 4) is 0 Å². The Labute approximate surface area is 125 Å². The first-order valence-corrected chi connectivity index (χ1v) is 8.78. The van der Waals surface area contributed by atoms with Crippen molar-refractivity contribution in [1.82, 2.24) is 10.2 Å². The molecule has 118 valence electrons. The van der Waals surface area contributed by atoms with Gasteiger partial charge in [-0.15, -0.1) is 0 Å². The Balaban J connectivity index is 1.81. The van der Waals surface area contributed by atoms with Gasteiger partial charge in [-0.05, 0) is 64.5 Å². The minimum absolute atomic E-state index is 0.0984. The molecule has 2 aliphatic rings. The predicted molar refractivity (Wildman–Crippen MR) is 85.0 cm³/mol. The van der Waals surface area contributed by atoms with Crippen LogP contribution in [0.25, 0.3) is 0 Å². The molecule has 2 N–H and O–H groups in total. The summed E-state index contributed by atoms with van der Waals surface area (Å²) in [5.41, 5.74) is -0.0984. The van der Waals surface area contributed by atoms with Crippen LogP contribution in [0.5, 0.6) is 0 Å². The molecule has 3 heteroatoms. The van der Waals surface area contributed by atoms with Crippen LogP contribution in [-0.2, 0) is 0 Å². The molecule has 0 aromatic heterocycles. The van der Waals surface area contributed by atoms with E-state index in [2.05, 4.69) is 24.1 Å². The summed E-state index contributed by atoms with van der Waals surface area (Å²) in [5, 5.41) is 13.2. The fraction of sp³-hybridized carbons (Fsp3) is 1.00. The lowest BCUT2D eigenvalue weighted by molar-refractivity contribution is 0.128. The van der Waals surface area contributed by atoms with E-state index >= 15 is 0 Å². The van der Waals surface area contributed by atoms with Crippen molar-refractivity contribution in [3.05, 3.63) is 0 Å². The summed E-state index contributed by atoms with van der Waals surface area (Å²) in [6, 6.07) is 0.839. The molecule has 0 aromatic rings. The van der Waals surface area contributed by atoms with Gasteiger partial charge in [0.25, 0.3) is 0 Å². The number of aliphatic hydroxyl groups is 1. The van der Waals surface area contributed by atoms with E-state index in [1.54, 1.807) is 0 Å². The highest BCUT2D eigenvalue weighted by Gasteiger charge is 2.34. The molecule has 20 heavy (non-hydrogen) atoms. The average molecular weight is 282 g/mol. The number of nitrogens with one attached hydrogen (secondary N) is 1. The Morgan fingerprint density at radius 1 is 1.20 bits per heavy atom. The molecule has 2 fully saturated rings. The maximum absolute atomic E-state index is 9.68. The highest BCUT2D eigenvalue weighted by Crippen LogP contribution is 2.35. The minimum atomic E-state index is -0.0984. The van der Waals surface area contributed by atoms with Gasteiger partial charge < -0.3 is 15.3 Å². The van der Waals surface area contributed by atoms with Gasteiger partial charge in [0.1, 0.15) is 0 Å². The molecule has 2 unspecified atom stereocenters. The van der Waals surface area contributed by atoms with Crippen LogP contribution >= 0.6 is 0 Å². The molecular formula is C17H34N2O. The van der Waals surface area contributed by atoms with Gasteiger partial charge in [-0.1, -0.05) is 19.8 Å². The maximum Gasteiger partial charge on any atom is 0.0611 e. The summed E-state index contributed by atoms with van der Waals surface area (Å²) < 4.78 is 0. The van der Waals surface area contributed by atoms with E-state index in [1.165, 1.54) is 45.1 Å². The van der Waals surface area contributed by atoms with E-state index in [0.717, 1.165) is 37.9 Å². The van der Waals surface area contributed by atoms with Crippen molar-refractivity contribution >= 4 is 0 Å². The standard InChI is InChI=1S/C17H34N2O/c1-3-11-18-17(2,14-20)10-13-19-12-6-9-16(19)15-7-4-5-8-15/h15-16,18,20H,3-14H2,1-2H3. The number of hydrogen-bond donors (Lipinski definition) is 2. The predicted octanol–water partition coefficient (Wildman–Crippen LogP) is 2.78. The first kappa shape index (κ1) is 16.3. The minimum Gasteiger partial charge on any atom is -0.394 e. The molecule has 0 bridgehead atoms. The van der Waals surface area contributed by atoms with Gasteiger partial charge in [0.15, 0.2) is 0 Å². The quantitative estimate of drug-likeness (QED) is 0.718. The lowest BCUT2D eigenvalue weighted by atomic mass is 9.94. The van der Waals surface area contributed by atoms with Gasteiger partial charge in [0.2, 0.25) is 0 Å². The zero-order valence-electron chi connectivity index (χ0n) is 13.5. The topological polar surface area (TPSA) is 35.5 Å². The second-order valence-electron chi connectivity index (χ2n) is 7.19. The van der Waals surface area contributed by atoms with Crippen LogP contribution in [0.4, 0.5) is 0 Å². The van der Waals surface area contributed by atoms with E-state index in [1.807, 2.05) is 0 Å². The lowest BCUT2D eigenvalue weighted by Gasteiger charge is -2.34. The van der Waals surface area contributed by atoms with Gasteiger partial charge in [0, 0.05) is 18.1 Å². The van der Waals surface area contributed by atoms with Gasteiger partial charge in [-0.3, -0.25) is 0 Å². The Morgan fingerprint density at radius 3 is 2.60 bits per heavy atom. The summed E-state index contributed by atoms with van der Waals surface area (Å²) in [6.45, 7) is 8.02. The summed E-state index contributed by atoms with van der Waals surface area (Å²) in [4.78, 5) is 2.72. The van der Waals surface area contributed by atoms with Crippen molar-refractivity contribution in [3.63, 3.8) is 0 Å². The van der Waals surface area contributed by atoms with Gasteiger partial charge in [-0.2, -0.15) is 0 Å². The molecule has 1 saturated carbocycles. The highest BCUT2D eigenvalue weighted by molar-refractivity contribution is 4.90. The fourth-order valence-corrected chi connectivity index (χ4v) is 4.05. The zero-order valence-corrected chi connectivity index (χ0v) is 13.5. The Hall–Kier alpha value is -0.120. The normalized spacial score (nSPS) is 28.1. The largest absolute Gasteiger partial charge is 0.394 e. The summed E-state index contributed by atoms with van der Waals surface area (Å²) >= 11 is 0. The number of rotatable bonds is 8. The number of nitrogens with zero attached hydrogens (tertiary/aromatic N) is 1. The van der Waals surface area contributed by atoms with E-state index in [0.29, 0.717) is 0 Å². The van der Waals surface area contributed by atoms with Crippen molar-refractivity contribution in [1.29, 1.82) is 0 Å². The highest BCUT2D eigenvalue weighted by atomic mass is 16.3. The van der Waals surface area contributed by atoms with Crippen LogP contribution < -0.4 is 5.32 Å². The van der Waals surface area contributed by atoms with Crippen LogP contribution in [0.3, 0.4) is 0 Å². The maximum atomic E-state index is 9.68. The molecule has 2 rings (SSSR count). The van der Waals surface area contributed by atoms with E-state index in [4.69, 9.17) is 0 Å². The summed E-state index contributed by atoms with van der Waals surface area (Å²) in [5.74, 6) is 0.960. The molecule has 1 aliphatic heterocycles. The number of likely N-dealkylation sites (tertiary alicyclic amines) is 1. The molecule has 1 saturated heterocycles. The Kier molecular flexibility index (Phi) is 6.31. The Bertz CT molecular complexity index is 278. The monoisotopic (exact) mass is 282 g/mol. The van der Waals surface area contributed by atoms with Crippen molar-refractivity contribution < 1.29 is 5.11 Å². The third kappa shape index (κ3) is 4.19. The van der Waals surface area contributed by atoms with E-state index in [9.17, 15) is 5.11 Å². The SMILES string of the molecule is CCCNC(C)(CO)CCN1CCCC1C1CCCC1. The van der Waals surface area contributed by atoms with Gasteiger partial charge in [-0.25, -0.2) is 0 Å².